The predicted molar refractivity (Wildman–Crippen MR) is 105 cm³/mol. The highest BCUT2D eigenvalue weighted by atomic mass is 35.5. The van der Waals surface area contributed by atoms with E-state index >= 15 is 0 Å². The number of aryl methyl sites for hydroxylation is 1. The zero-order valence-electron chi connectivity index (χ0n) is 15.0. The van der Waals surface area contributed by atoms with Crippen molar-refractivity contribution >= 4 is 28.9 Å². The Kier molecular flexibility index (Phi) is 5.19. The molecular formula is C20H24ClN3O. The molecular weight excluding hydrogens is 334 g/mol. The molecule has 0 aromatic heterocycles. The van der Waals surface area contributed by atoms with Gasteiger partial charge in [0.15, 0.2) is 0 Å². The van der Waals surface area contributed by atoms with E-state index in [4.69, 9.17) is 11.6 Å². The number of nitrogens with zero attached hydrogens (tertiary/aromatic N) is 3. The maximum atomic E-state index is 12.8. The van der Waals surface area contributed by atoms with Gasteiger partial charge in [-0.3, -0.25) is 4.79 Å². The first-order valence-electron chi connectivity index (χ1n) is 8.53. The Bertz CT molecular complexity index is 767. The van der Waals surface area contributed by atoms with Crippen LogP contribution in [-0.4, -0.2) is 51.1 Å². The van der Waals surface area contributed by atoms with Crippen molar-refractivity contribution in [2.24, 2.45) is 0 Å². The fourth-order valence-electron chi connectivity index (χ4n) is 3.31. The first-order chi connectivity index (χ1) is 12.0. The Labute approximate surface area is 154 Å². The van der Waals surface area contributed by atoms with Crippen LogP contribution in [0.3, 0.4) is 0 Å². The molecule has 0 atom stereocenters. The molecule has 1 aliphatic rings. The van der Waals surface area contributed by atoms with Gasteiger partial charge in [-0.2, -0.15) is 0 Å². The summed E-state index contributed by atoms with van der Waals surface area (Å²) in [6.45, 7) is 5.13. The summed E-state index contributed by atoms with van der Waals surface area (Å²) in [5.41, 5.74) is 4.14. The van der Waals surface area contributed by atoms with Crippen molar-refractivity contribution in [3.8, 4) is 0 Å². The Morgan fingerprint density at radius 1 is 1.04 bits per heavy atom. The number of amides is 1. The van der Waals surface area contributed by atoms with E-state index in [-0.39, 0.29) is 5.91 Å². The van der Waals surface area contributed by atoms with Crippen LogP contribution in [0.25, 0.3) is 0 Å². The van der Waals surface area contributed by atoms with Crippen LogP contribution in [0.5, 0.6) is 0 Å². The molecule has 0 saturated carbocycles. The average molecular weight is 358 g/mol. The fourth-order valence-corrected chi connectivity index (χ4v) is 3.50. The summed E-state index contributed by atoms with van der Waals surface area (Å²) < 4.78 is 0. The van der Waals surface area contributed by atoms with Gasteiger partial charge in [-0.1, -0.05) is 17.7 Å². The number of hydrogen-bond acceptors (Lipinski definition) is 3. The smallest absolute Gasteiger partial charge is 0.253 e. The predicted octanol–water partition coefficient (Wildman–Crippen LogP) is 3.68. The minimum atomic E-state index is 0.110. The second-order valence-electron chi connectivity index (χ2n) is 6.65. The third kappa shape index (κ3) is 3.90. The fraction of sp³-hybridized carbons (Fsp3) is 0.350. The average Bonchev–Trinajstić information content (AvgIpc) is 2.61. The Hall–Kier alpha value is -2.20. The van der Waals surface area contributed by atoms with E-state index in [0.717, 1.165) is 53.7 Å². The number of anilines is 2. The van der Waals surface area contributed by atoms with Crippen LogP contribution in [0.1, 0.15) is 15.9 Å². The van der Waals surface area contributed by atoms with Gasteiger partial charge in [0.1, 0.15) is 0 Å². The molecule has 4 nitrogen and oxygen atoms in total. The molecule has 0 radical (unpaired) electrons. The normalized spacial score (nSPS) is 14.6. The molecule has 3 rings (SSSR count). The van der Waals surface area contributed by atoms with Gasteiger partial charge in [-0.15, -0.1) is 0 Å². The lowest BCUT2D eigenvalue weighted by molar-refractivity contribution is 0.0746. The highest BCUT2D eigenvalue weighted by molar-refractivity contribution is 6.30. The summed E-state index contributed by atoms with van der Waals surface area (Å²) in [7, 11) is 4.03. The van der Waals surface area contributed by atoms with Gasteiger partial charge in [0.2, 0.25) is 0 Å². The van der Waals surface area contributed by atoms with E-state index in [1.807, 2.05) is 62.3 Å². The van der Waals surface area contributed by atoms with Crippen LogP contribution in [-0.2, 0) is 0 Å². The lowest BCUT2D eigenvalue weighted by Gasteiger charge is -2.36. The summed E-state index contributed by atoms with van der Waals surface area (Å²) in [6, 6.07) is 13.8. The van der Waals surface area contributed by atoms with E-state index in [9.17, 15) is 4.79 Å². The minimum Gasteiger partial charge on any atom is -0.377 e. The molecule has 0 spiro atoms. The number of halogens is 1. The highest BCUT2D eigenvalue weighted by Crippen LogP contribution is 2.23. The summed E-state index contributed by atoms with van der Waals surface area (Å²) in [4.78, 5) is 19.1. The number of hydrogen-bond donors (Lipinski definition) is 0. The zero-order chi connectivity index (χ0) is 18.0. The standard InChI is InChI=1S/C20H24ClN3O/c1-15-13-16(7-8-19(15)22(2)3)20(25)24-11-9-23(10-12-24)18-6-4-5-17(21)14-18/h4-8,13-14H,9-12H2,1-3H3. The Morgan fingerprint density at radius 3 is 2.36 bits per heavy atom. The molecule has 1 saturated heterocycles. The lowest BCUT2D eigenvalue weighted by atomic mass is 10.1. The van der Waals surface area contributed by atoms with Crippen molar-refractivity contribution in [3.63, 3.8) is 0 Å². The zero-order valence-corrected chi connectivity index (χ0v) is 15.8. The van der Waals surface area contributed by atoms with Crippen LogP contribution in [0.15, 0.2) is 42.5 Å². The van der Waals surface area contributed by atoms with Crippen LogP contribution < -0.4 is 9.80 Å². The summed E-state index contributed by atoms with van der Waals surface area (Å²) in [6.07, 6.45) is 0. The van der Waals surface area contributed by atoms with E-state index in [2.05, 4.69) is 15.9 Å². The van der Waals surface area contributed by atoms with Crippen molar-refractivity contribution in [2.45, 2.75) is 6.92 Å². The molecule has 0 unspecified atom stereocenters. The van der Waals surface area contributed by atoms with Crippen molar-refractivity contribution in [1.82, 2.24) is 4.90 Å². The number of rotatable bonds is 3. The quantitative estimate of drug-likeness (QED) is 0.838. The largest absolute Gasteiger partial charge is 0.377 e. The second-order valence-corrected chi connectivity index (χ2v) is 7.09. The van der Waals surface area contributed by atoms with Gasteiger partial charge < -0.3 is 14.7 Å². The SMILES string of the molecule is Cc1cc(C(=O)N2CCN(c3cccc(Cl)c3)CC2)ccc1N(C)C. The summed E-state index contributed by atoms with van der Waals surface area (Å²) >= 11 is 6.08. The molecule has 2 aromatic carbocycles. The molecule has 0 bridgehead atoms. The number of carbonyl (C=O) groups excluding carboxylic acids is 1. The Morgan fingerprint density at radius 2 is 1.76 bits per heavy atom. The van der Waals surface area contributed by atoms with Crippen molar-refractivity contribution in [2.75, 3.05) is 50.1 Å². The van der Waals surface area contributed by atoms with Crippen molar-refractivity contribution in [1.29, 1.82) is 0 Å². The van der Waals surface area contributed by atoms with Crippen molar-refractivity contribution < 1.29 is 4.79 Å². The topological polar surface area (TPSA) is 26.8 Å². The van der Waals surface area contributed by atoms with Gasteiger partial charge in [0.25, 0.3) is 5.91 Å². The highest BCUT2D eigenvalue weighted by Gasteiger charge is 2.22. The van der Waals surface area contributed by atoms with Gasteiger partial charge in [0.05, 0.1) is 0 Å². The van der Waals surface area contributed by atoms with Gasteiger partial charge >= 0.3 is 0 Å². The van der Waals surface area contributed by atoms with E-state index in [1.54, 1.807) is 0 Å². The van der Waals surface area contributed by atoms with Gasteiger partial charge in [0, 0.05) is 62.2 Å². The molecule has 5 heteroatoms. The van der Waals surface area contributed by atoms with E-state index in [1.165, 1.54) is 0 Å². The third-order valence-corrected chi connectivity index (χ3v) is 4.90. The molecule has 1 aliphatic heterocycles. The Balaban J connectivity index is 1.66. The minimum absolute atomic E-state index is 0.110. The van der Waals surface area contributed by atoms with Crippen molar-refractivity contribution in [3.05, 3.63) is 58.6 Å². The van der Waals surface area contributed by atoms with E-state index in [0.29, 0.717) is 0 Å². The molecule has 0 aliphatic carbocycles. The van der Waals surface area contributed by atoms with Gasteiger partial charge in [-0.05, 0) is 48.9 Å². The molecule has 132 valence electrons. The molecule has 1 amide bonds. The van der Waals surface area contributed by atoms with Crippen LogP contribution in [0, 0.1) is 6.92 Å². The summed E-state index contributed by atoms with van der Waals surface area (Å²) in [5, 5.41) is 0.743. The maximum absolute atomic E-state index is 12.8. The van der Waals surface area contributed by atoms with Crippen LogP contribution in [0.4, 0.5) is 11.4 Å². The monoisotopic (exact) mass is 357 g/mol. The first kappa shape index (κ1) is 17.6. The summed E-state index contributed by atoms with van der Waals surface area (Å²) in [5.74, 6) is 0.110. The maximum Gasteiger partial charge on any atom is 0.253 e. The molecule has 1 heterocycles. The number of carbonyl (C=O) groups is 1. The molecule has 2 aromatic rings. The number of benzene rings is 2. The van der Waals surface area contributed by atoms with Gasteiger partial charge in [-0.25, -0.2) is 0 Å². The first-order valence-corrected chi connectivity index (χ1v) is 8.91. The lowest BCUT2D eigenvalue weighted by Crippen LogP contribution is -2.48. The molecule has 1 fully saturated rings. The van der Waals surface area contributed by atoms with Crippen LogP contribution >= 0.6 is 11.6 Å². The molecule has 0 N–H and O–H groups in total. The third-order valence-electron chi connectivity index (χ3n) is 4.67. The second kappa shape index (κ2) is 7.36. The number of piperazine rings is 1. The van der Waals surface area contributed by atoms with E-state index < -0.39 is 0 Å². The molecule has 25 heavy (non-hydrogen) atoms. The van der Waals surface area contributed by atoms with Crippen LogP contribution in [0.2, 0.25) is 5.02 Å².